The summed E-state index contributed by atoms with van der Waals surface area (Å²) in [7, 11) is 0. The number of rotatable bonds is 5. The van der Waals surface area contributed by atoms with Gasteiger partial charge in [0.25, 0.3) is 0 Å². The Kier molecular flexibility index (Phi) is 7.21. The van der Waals surface area contributed by atoms with E-state index in [1.54, 1.807) is 11.3 Å². The number of hydrogen-bond donors (Lipinski definition) is 0. The molecule has 0 aromatic carbocycles. The van der Waals surface area contributed by atoms with Gasteiger partial charge in [-0.1, -0.05) is 18.9 Å². The zero-order chi connectivity index (χ0) is 20.1. The van der Waals surface area contributed by atoms with Crippen LogP contribution in [0.4, 0.5) is 0 Å². The van der Waals surface area contributed by atoms with Gasteiger partial charge < -0.3 is 9.80 Å². The minimum Gasteiger partial charge on any atom is -0.342 e. The maximum absolute atomic E-state index is 12.9. The van der Waals surface area contributed by atoms with Gasteiger partial charge in [0, 0.05) is 50.7 Å². The maximum atomic E-state index is 12.9. The molecule has 4 rings (SSSR count). The van der Waals surface area contributed by atoms with Crippen molar-refractivity contribution < 1.29 is 9.59 Å². The zero-order valence-electron chi connectivity index (χ0n) is 17.4. The lowest BCUT2D eigenvalue weighted by Gasteiger charge is -2.36. The molecule has 1 aromatic rings. The monoisotopic (exact) mass is 418 g/mol. The second-order valence-electron chi connectivity index (χ2n) is 8.61. The number of thiophene rings is 1. The summed E-state index contributed by atoms with van der Waals surface area (Å²) in [4.78, 5) is 35.5. The molecule has 1 unspecified atom stereocenters. The van der Waals surface area contributed by atoms with Crippen LogP contribution in [0, 0.1) is 0 Å². The van der Waals surface area contributed by atoms with Crippen molar-refractivity contribution in [3.63, 3.8) is 0 Å². The predicted molar refractivity (Wildman–Crippen MR) is 116 cm³/mol. The van der Waals surface area contributed by atoms with E-state index in [9.17, 15) is 9.59 Å². The number of carbonyl (C=O) groups excluding carboxylic acids is 2. The first-order chi connectivity index (χ1) is 14.2. The van der Waals surface area contributed by atoms with Crippen molar-refractivity contribution >= 4 is 23.2 Å². The predicted octanol–water partition coefficient (Wildman–Crippen LogP) is 2.43. The average Bonchev–Trinajstić information content (AvgIpc) is 3.35. The third kappa shape index (κ3) is 5.38. The van der Waals surface area contributed by atoms with Gasteiger partial charge in [0.2, 0.25) is 11.8 Å². The van der Waals surface area contributed by atoms with E-state index >= 15 is 0 Å². The van der Waals surface area contributed by atoms with Gasteiger partial charge in [0.15, 0.2) is 0 Å². The van der Waals surface area contributed by atoms with Crippen LogP contribution in [0.5, 0.6) is 0 Å². The molecule has 7 heteroatoms. The van der Waals surface area contributed by atoms with E-state index in [-0.39, 0.29) is 17.9 Å². The number of hydrogen-bond acceptors (Lipinski definition) is 5. The highest BCUT2D eigenvalue weighted by atomic mass is 32.1. The third-order valence-corrected chi connectivity index (χ3v) is 7.56. The molecule has 29 heavy (non-hydrogen) atoms. The second-order valence-corrected chi connectivity index (χ2v) is 9.59. The van der Waals surface area contributed by atoms with Crippen LogP contribution in [0.15, 0.2) is 17.5 Å². The first-order valence-corrected chi connectivity index (χ1v) is 12.1. The van der Waals surface area contributed by atoms with Gasteiger partial charge in [-0.15, -0.1) is 11.3 Å². The lowest BCUT2D eigenvalue weighted by Crippen LogP contribution is -2.52. The number of likely N-dealkylation sites (tertiary alicyclic amines) is 2. The molecule has 6 nitrogen and oxygen atoms in total. The molecule has 1 aromatic heterocycles. The van der Waals surface area contributed by atoms with Gasteiger partial charge in [-0.3, -0.25) is 19.4 Å². The summed E-state index contributed by atoms with van der Waals surface area (Å²) in [5.41, 5.74) is 0. The summed E-state index contributed by atoms with van der Waals surface area (Å²) in [6.07, 6.45) is 6.97. The summed E-state index contributed by atoms with van der Waals surface area (Å²) >= 11 is 1.76. The lowest BCUT2D eigenvalue weighted by molar-refractivity contribution is -0.135. The summed E-state index contributed by atoms with van der Waals surface area (Å²) in [6.45, 7) is 7.27. The molecule has 3 saturated heterocycles. The zero-order valence-corrected chi connectivity index (χ0v) is 18.2. The highest BCUT2D eigenvalue weighted by Gasteiger charge is 2.32. The summed E-state index contributed by atoms with van der Waals surface area (Å²) in [5, 5.41) is 2.10. The van der Waals surface area contributed by atoms with Crippen LogP contribution in [0.3, 0.4) is 0 Å². The van der Waals surface area contributed by atoms with Crippen molar-refractivity contribution in [2.24, 2.45) is 0 Å². The molecule has 0 aliphatic carbocycles. The largest absolute Gasteiger partial charge is 0.342 e. The third-order valence-electron chi connectivity index (χ3n) is 6.59. The molecule has 0 bridgehead atoms. The van der Waals surface area contributed by atoms with Crippen LogP contribution >= 0.6 is 11.3 Å². The molecule has 1 atom stereocenters. The first-order valence-electron chi connectivity index (χ1n) is 11.3. The van der Waals surface area contributed by atoms with Crippen molar-refractivity contribution in [3.05, 3.63) is 22.4 Å². The van der Waals surface area contributed by atoms with Crippen LogP contribution in [-0.2, 0) is 9.59 Å². The minimum absolute atomic E-state index is 0.259. The molecule has 3 fully saturated rings. The van der Waals surface area contributed by atoms with E-state index < -0.39 is 0 Å². The average molecular weight is 419 g/mol. The number of amides is 2. The SMILES string of the molecule is O=C(CN1CCN(CC(=O)N2CCCC2c2cccs2)CC1)N1CCCCCC1. The Morgan fingerprint density at radius 3 is 2.10 bits per heavy atom. The van der Waals surface area contributed by atoms with Crippen LogP contribution < -0.4 is 0 Å². The molecular weight excluding hydrogens is 384 g/mol. The Hall–Kier alpha value is -1.44. The molecule has 4 heterocycles. The van der Waals surface area contributed by atoms with E-state index in [1.807, 2.05) is 0 Å². The van der Waals surface area contributed by atoms with Crippen molar-refractivity contribution in [1.29, 1.82) is 0 Å². The molecule has 160 valence electrons. The fourth-order valence-corrected chi connectivity index (χ4v) is 5.71. The quantitative estimate of drug-likeness (QED) is 0.737. The van der Waals surface area contributed by atoms with E-state index in [1.165, 1.54) is 17.7 Å². The molecule has 3 aliphatic heterocycles. The van der Waals surface area contributed by atoms with Crippen LogP contribution in [0.1, 0.15) is 49.4 Å². The fraction of sp³-hybridized carbons (Fsp3) is 0.727. The maximum Gasteiger partial charge on any atom is 0.237 e. The van der Waals surface area contributed by atoms with Gasteiger partial charge in [-0.2, -0.15) is 0 Å². The molecule has 0 spiro atoms. The Bertz CT molecular complexity index is 664. The van der Waals surface area contributed by atoms with E-state index in [0.717, 1.165) is 71.5 Å². The molecule has 3 aliphatic rings. The van der Waals surface area contributed by atoms with Gasteiger partial charge in [0.05, 0.1) is 19.1 Å². The van der Waals surface area contributed by atoms with Gasteiger partial charge in [-0.25, -0.2) is 0 Å². The topological polar surface area (TPSA) is 47.1 Å². The van der Waals surface area contributed by atoms with Crippen molar-refractivity contribution in [2.75, 3.05) is 58.9 Å². The molecule has 0 saturated carbocycles. The number of piperazine rings is 1. The van der Waals surface area contributed by atoms with Crippen LogP contribution in [-0.4, -0.2) is 90.3 Å². The van der Waals surface area contributed by atoms with Crippen LogP contribution in [0.2, 0.25) is 0 Å². The molecular formula is C22H34N4O2S. The smallest absolute Gasteiger partial charge is 0.237 e. The summed E-state index contributed by atoms with van der Waals surface area (Å²) in [6, 6.07) is 4.50. The summed E-state index contributed by atoms with van der Waals surface area (Å²) in [5.74, 6) is 0.544. The molecule has 2 amide bonds. The minimum atomic E-state index is 0.259. The standard InChI is InChI=1S/C22H34N4O2S/c27-21(25-9-3-1-2-4-10-25)17-23-12-14-24(15-13-23)18-22(28)26-11-5-7-19(26)20-8-6-16-29-20/h6,8,16,19H,1-5,7,9-15,17-18H2. The number of carbonyl (C=O) groups is 2. The lowest BCUT2D eigenvalue weighted by atomic mass is 10.2. The van der Waals surface area contributed by atoms with E-state index in [2.05, 4.69) is 37.1 Å². The van der Waals surface area contributed by atoms with Gasteiger partial charge >= 0.3 is 0 Å². The Morgan fingerprint density at radius 1 is 0.828 bits per heavy atom. The van der Waals surface area contributed by atoms with E-state index in [0.29, 0.717) is 13.1 Å². The van der Waals surface area contributed by atoms with Gasteiger partial charge in [0.1, 0.15) is 0 Å². The second kappa shape index (κ2) is 10.0. The highest BCUT2D eigenvalue weighted by Crippen LogP contribution is 2.34. The number of nitrogens with zero attached hydrogens (tertiary/aromatic N) is 4. The van der Waals surface area contributed by atoms with Gasteiger partial charge in [-0.05, 0) is 37.1 Å². The van der Waals surface area contributed by atoms with Crippen molar-refractivity contribution in [1.82, 2.24) is 19.6 Å². The fourth-order valence-electron chi connectivity index (χ4n) is 4.84. The highest BCUT2D eigenvalue weighted by molar-refractivity contribution is 7.10. The Balaban J connectivity index is 1.21. The Morgan fingerprint density at radius 2 is 1.48 bits per heavy atom. The first kappa shape index (κ1) is 20.8. The van der Waals surface area contributed by atoms with Crippen molar-refractivity contribution in [3.8, 4) is 0 Å². The molecule has 0 N–H and O–H groups in total. The van der Waals surface area contributed by atoms with E-state index in [4.69, 9.17) is 0 Å². The summed E-state index contributed by atoms with van der Waals surface area (Å²) < 4.78 is 0. The Labute approximate surface area is 178 Å². The normalized spacial score (nSPS) is 24.6. The van der Waals surface area contributed by atoms with Crippen molar-refractivity contribution in [2.45, 2.75) is 44.6 Å². The molecule has 0 radical (unpaired) electrons. The van der Waals surface area contributed by atoms with Crippen LogP contribution in [0.25, 0.3) is 0 Å².